The van der Waals surface area contributed by atoms with Crippen molar-refractivity contribution in [2.24, 2.45) is 0 Å². The van der Waals surface area contributed by atoms with Gasteiger partial charge in [0.25, 0.3) is 5.91 Å². The van der Waals surface area contributed by atoms with Crippen LogP contribution < -0.4 is 4.74 Å². The minimum Gasteiger partial charge on any atom is -0.504 e. The molecule has 100 valence electrons. The molecule has 1 N–H and O–H groups in total. The minimum atomic E-state index is -0.0791. The van der Waals surface area contributed by atoms with Crippen LogP contribution in [-0.4, -0.2) is 33.9 Å². The van der Waals surface area contributed by atoms with Crippen molar-refractivity contribution in [3.8, 4) is 11.5 Å². The molecule has 0 aliphatic carbocycles. The predicted molar refractivity (Wildman–Crippen MR) is 80.2 cm³/mol. The molecule has 4 nitrogen and oxygen atoms in total. The molecule has 0 unspecified atom stereocenters. The summed E-state index contributed by atoms with van der Waals surface area (Å²) >= 11 is 6.43. The fraction of sp³-hybridized carbons (Fsp3) is 0.231. The molecule has 0 radical (unpaired) electrons. The first-order valence-electron chi connectivity index (χ1n) is 5.69. The van der Waals surface area contributed by atoms with Gasteiger partial charge in [0.2, 0.25) is 0 Å². The Morgan fingerprint density at radius 1 is 1.53 bits per heavy atom. The van der Waals surface area contributed by atoms with Gasteiger partial charge < -0.3 is 9.84 Å². The van der Waals surface area contributed by atoms with E-state index >= 15 is 0 Å². The van der Waals surface area contributed by atoms with Crippen LogP contribution >= 0.6 is 24.0 Å². The first kappa shape index (κ1) is 13.9. The number of aromatic hydroxyl groups is 1. The molecule has 1 aromatic carbocycles. The Kier molecular flexibility index (Phi) is 4.11. The molecule has 1 aromatic rings. The lowest BCUT2D eigenvalue weighted by atomic mass is 10.2. The highest BCUT2D eigenvalue weighted by atomic mass is 32.2. The summed E-state index contributed by atoms with van der Waals surface area (Å²) in [5.74, 6) is 0.366. The van der Waals surface area contributed by atoms with Gasteiger partial charge in [0.05, 0.1) is 12.0 Å². The quantitative estimate of drug-likeness (QED) is 0.686. The molecule has 1 amide bonds. The standard InChI is InChI=1S/C13H13NO3S2/c1-3-14-12(16)11(19-13(14)18)7-8-4-5-9(15)10(6-8)17-2/h4-7,15H,3H2,1-2H3. The van der Waals surface area contributed by atoms with Gasteiger partial charge in [-0.1, -0.05) is 30.0 Å². The Labute approximate surface area is 121 Å². The third-order valence-electron chi connectivity index (χ3n) is 2.69. The van der Waals surface area contributed by atoms with E-state index in [9.17, 15) is 9.90 Å². The molecule has 1 fully saturated rings. The molecule has 1 heterocycles. The minimum absolute atomic E-state index is 0.0701. The van der Waals surface area contributed by atoms with Crippen molar-refractivity contribution in [2.45, 2.75) is 6.92 Å². The van der Waals surface area contributed by atoms with Crippen LogP contribution in [0.25, 0.3) is 6.08 Å². The average Bonchev–Trinajstić information content (AvgIpc) is 2.66. The summed E-state index contributed by atoms with van der Waals surface area (Å²) in [5, 5.41) is 9.52. The fourth-order valence-electron chi connectivity index (χ4n) is 1.71. The number of thiocarbonyl (C=S) groups is 1. The van der Waals surface area contributed by atoms with E-state index in [1.54, 1.807) is 23.1 Å². The van der Waals surface area contributed by atoms with Gasteiger partial charge in [-0.2, -0.15) is 0 Å². The number of hydrogen-bond donors (Lipinski definition) is 1. The van der Waals surface area contributed by atoms with Crippen molar-refractivity contribution in [1.82, 2.24) is 4.90 Å². The van der Waals surface area contributed by atoms with E-state index in [1.807, 2.05) is 6.92 Å². The van der Waals surface area contributed by atoms with Gasteiger partial charge in [-0.15, -0.1) is 0 Å². The zero-order valence-corrected chi connectivity index (χ0v) is 12.2. The van der Waals surface area contributed by atoms with Crippen LogP contribution in [0.4, 0.5) is 0 Å². The highest BCUT2D eigenvalue weighted by Gasteiger charge is 2.30. The molecule has 0 atom stereocenters. The molecule has 0 aromatic heterocycles. The molecule has 6 heteroatoms. The first-order valence-corrected chi connectivity index (χ1v) is 6.91. The lowest BCUT2D eigenvalue weighted by Crippen LogP contribution is -2.27. The molecule has 2 rings (SSSR count). The zero-order chi connectivity index (χ0) is 14.0. The number of hydrogen-bond acceptors (Lipinski definition) is 5. The molecule has 1 aliphatic rings. The predicted octanol–water partition coefficient (Wildman–Crippen LogP) is 2.62. The van der Waals surface area contributed by atoms with Gasteiger partial charge in [-0.3, -0.25) is 9.69 Å². The Hall–Kier alpha value is -1.53. The number of benzene rings is 1. The molecule has 1 aliphatic heterocycles. The van der Waals surface area contributed by atoms with Crippen molar-refractivity contribution in [2.75, 3.05) is 13.7 Å². The molecular weight excluding hydrogens is 282 g/mol. The first-order chi connectivity index (χ1) is 9.06. The monoisotopic (exact) mass is 295 g/mol. The second-order valence-corrected chi connectivity index (χ2v) is 5.53. The van der Waals surface area contributed by atoms with Crippen LogP contribution in [0.15, 0.2) is 23.1 Å². The number of rotatable bonds is 3. The Bertz CT molecular complexity index is 569. The Morgan fingerprint density at radius 2 is 2.26 bits per heavy atom. The largest absolute Gasteiger partial charge is 0.504 e. The summed E-state index contributed by atoms with van der Waals surface area (Å²) in [7, 11) is 1.48. The van der Waals surface area contributed by atoms with E-state index in [-0.39, 0.29) is 11.7 Å². The summed E-state index contributed by atoms with van der Waals surface area (Å²) in [5.41, 5.74) is 0.784. The highest BCUT2D eigenvalue weighted by molar-refractivity contribution is 8.26. The fourth-order valence-corrected chi connectivity index (χ4v) is 3.09. The van der Waals surface area contributed by atoms with E-state index in [2.05, 4.69) is 0 Å². The lowest BCUT2D eigenvalue weighted by molar-refractivity contribution is -0.121. The maximum absolute atomic E-state index is 12.0. The number of thioether (sulfide) groups is 1. The summed E-state index contributed by atoms with van der Waals surface area (Å²) in [4.78, 5) is 14.2. The third kappa shape index (κ3) is 2.74. The number of nitrogens with zero attached hydrogens (tertiary/aromatic N) is 1. The second-order valence-electron chi connectivity index (χ2n) is 3.86. The summed E-state index contributed by atoms with van der Waals surface area (Å²) < 4.78 is 5.61. The normalized spacial score (nSPS) is 17.4. The number of carbonyl (C=O) groups excluding carboxylic acids is 1. The van der Waals surface area contributed by atoms with Crippen LogP contribution in [0.1, 0.15) is 12.5 Å². The topological polar surface area (TPSA) is 49.8 Å². The van der Waals surface area contributed by atoms with Crippen LogP contribution in [0.3, 0.4) is 0 Å². The van der Waals surface area contributed by atoms with Crippen molar-refractivity contribution in [3.63, 3.8) is 0 Å². The van der Waals surface area contributed by atoms with Crippen LogP contribution in [0.2, 0.25) is 0 Å². The van der Waals surface area contributed by atoms with E-state index in [0.717, 1.165) is 5.56 Å². The van der Waals surface area contributed by atoms with Gasteiger partial charge in [0.1, 0.15) is 4.32 Å². The van der Waals surface area contributed by atoms with E-state index in [4.69, 9.17) is 17.0 Å². The molecule has 1 saturated heterocycles. The summed E-state index contributed by atoms with van der Waals surface area (Å²) in [6, 6.07) is 4.93. The number of phenolic OH excluding ortho intramolecular Hbond substituents is 1. The maximum atomic E-state index is 12.0. The average molecular weight is 295 g/mol. The Morgan fingerprint density at radius 3 is 2.84 bits per heavy atom. The Balaban J connectivity index is 2.32. The SMILES string of the molecule is CCN1C(=O)C(=Cc2ccc(O)c(OC)c2)SC1=S. The van der Waals surface area contributed by atoms with Gasteiger partial charge in [-0.25, -0.2) is 0 Å². The van der Waals surface area contributed by atoms with Crippen molar-refractivity contribution in [1.29, 1.82) is 0 Å². The molecule has 0 saturated carbocycles. The van der Waals surface area contributed by atoms with Crippen molar-refractivity contribution in [3.05, 3.63) is 28.7 Å². The number of ether oxygens (including phenoxy) is 1. The van der Waals surface area contributed by atoms with E-state index in [1.165, 1.54) is 24.9 Å². The van der Waals surface area contributed by atoms with Gasteiger partial charge in [-0.05, 0) is 30.7 Å². The number of likely N-dealkylation sites (N-methyl/N-ethyl adjacent to an activating group) is 1. The maximum Gasteiger partial charge on any atom is 0.266 e. The van der Waals surface area contributed by atoms with Crippen LogP contribution in [-0.2, 0) is 4.79 Å². The molecular formula is C13H13NO3S2. The second kappa shape index (κ2) is 5.63. The molecule has 0 bridgehead atoms. The van der Waals surface area contributed by atoms with Crippen LogP contribution in [0.5, 0.6) is 11.5 Å². The number of phenols is 1. The summed E-state index contributed by atoms with van der Waals surface area (Å²) in [6.45, 7) is 2.46. The lowest BCUT2D eigenvalue weighted by Gasteiger charge is -2.09. The van der Waals surface area contributed by atoms with Crippen molar-refractivity contribution < 1.29 is 14.6 Å². The van der Waals surface area contributed by atoms with Crippen molar-refractivity contribution >= 4 is 40.3 Å². The van der Waals surface area contributed by atoms with Gasteiger partial charge >= 0.3 is 0 Å². The van der Waals surface area contributed by atoms with Gasteiger partial charge in [0.15, 0.2) is 11.5 Å². The van der Waals surface area contributed by atoms with E-state index < -0.39 is 0 Å². The highest BCUT2D eigenvalue weighted by Crippen LogP contribution is 2.34. The number of methoxy groups -OCH3 is 1. The summed E-state index contributed by atoms with van der Waals surface area (Å²) in [6.07, 6.45) is 1.75. The number of amides is 1. The number of carbonyl (C=O) groups is 1. The third-order valence-corrected chi connectivity index (χ3v) is 4.07. The van der Waals surface area contributed by atoms with E-state index in [0.29, 0.717) is 21.5 Å². The molecule has 19 heavy (non-hydrogen) atoms. The van der Waals surface area contributed by atoms with Gasteiger partial charge in [0, 0.05) is 6.54 Å². The smallest absolute Gasteiger partial charge is 0.266 e. The molecule has 0 spiro atoms. The zero-order valence-electron chi connectivity index (χ0n) is 10.5. The van der Waals surface area contributed by atoms with Crippen LogP contribution in [0, 0.1) is 0 Å².